The van der Waals surface area contributed by atoms with Crippen LogP contribution >= 0.6 is 0 Å². The van der Waals surface area contributed by atoms with Gasteiger partial charge in [0, 0.05) is 40.4 Å². The Balaban J connectivity index is 1.53. The molecular weight excluding hydrogens is 488 g/mol. The summed E-state index contributed by atoms with van der Waals surface area (Å²) < 4.78 is 16.6. The van der Waals surface area contributed by atoms with Crippen molar-refractivity contribution in [3.8, 4) is 11.5 Å². The highest BCUT2D eigenvalue weighted by atomic mass is 16.6. The van der Waals surface area contributed by atoms with Crippen molar-refractivity contribution in [3.63, 3.8) is 0 Å². The lowest BCUT2D eigenvalue weighted by Crippen LogP contribution is -2.29. The normalized spacial score (nSPS) is 16.0. The van der Waals surface area contributed by atoms with E-state index in [4.69, 9.17) is 14.2 Å². The molecule has 0 unspecified atom stereocenters. The molecule has 0 fully saturated rings. The average molecular weight is 513 g/mol. The third-order valence-corrected chi connectivity index (χ3v) is 6.69. The number of nitro benzene ring substituents is 1. The first-order chi connectivity index (χ1) is 18.3. The SMILES string of the molecule is COC(=O)C1=C(C)NC2=C(C(=O)c3ccccc32)[C@@H]1c1ccc(OCc2cccc([N+](=O)[O-])c2)c(OC)c1. The third kappa shape index (κ3) is 4.17. The van der Waals surface area contributed by atoms with Gasteiger partial charge in [-0.05, 0) is 30.2 Å². The number of esters is 1. The summed E-state index contributed by atoms with van der Waals surface area (Å²) >= 11 is 0. The lowest BCUT2D eigenvalue weighted by atomic mass is 9.79. The maximum atomic E-state index is 13.6. The van der Waals surface area contributed by atoms with Gasteiger partial charge in [0.2, 0.25) is 0 Å². The molecule has 0 saturated carbocycles. The molecule has 192 valence electrons. The first-order valence-corrected chi connectivity index (χ1v) is 11.8. The van der Waals surface area contributed by atoms with Crippen molar-refractivity contribution in [3.05, 3.63) is 116 Å². The number of nitrogens with zero attached hydrogens (tertiary/aromatic N) is 1. The van der Waals surface area contributed by atoms with Gasteiger partial charge >= 0.3 is 5.97 Å². The number of rotatable bonds is 7. The molecule has 0 aromatic heterocycles. The second-order valence-electron chi connectivity index (χ2n) is 8.88. The van der Waals surface area contributed by atoms with Crippen LogP contribution in [0.15, 0.2) is 83.6 Å². The molecule has 9 nitrogen and oxygen atoms in total. The van der Waals surface area contributed by atoms with E-state index in [1.54, 1.807) is 43.3 Å². The summed E-state index contributed by atoms with van der Waals surface area (Å²) in [7, 11) is 2.80. The van der Waals surface area contributed by atoms with Crippen molar-refractivity contribution >= 4 is 23.1 Å². The summed E-state index contributed by atoms with van der Waals surface area (Å²) in [6.45, 7) is 1.86. The maximum absolute atomic E-state index is 13.6. The summed E-state index contributed by atoms with van der Waals surface area (Å²) in [5, 5.41) is 14.3. The van der Waals surface area contributed by atoms with Crippen LogP contribution in [-0.2, 0) is 16.1 Å². The van der Waals surface area contributed by atoms with Gasteiger partial charge < -0.3 is 19.5 Å². The Morgan fingerprint density at radius 1 is 1.00 bits per heavy atom. The van der Waals surface area contributed by atoms with E-state index in [0.717, 1.165) is 5.56 Å². The molecule has 3 aromatic carbocycles. The number of fused-ring (bicyclic) bond motifs is 2. The number of benzene rings is 3. The van der Waals surface area contributed by atoms with Crippen LogP contribution in [-0.4, -0.2) is 30.9 Å². The molecule has 5 rings (SSSR count). The van der Waals surface area contributed by atoms with Crippen molar-refractivity contribution in [2.45, 2.75) is 19.4 Å². The third-order valence-electron chi connectivity index (χ3n) is 6.69. The minimum Gasteiger partial charge on any atom is -0.493 e. The molecule has 0 spiro atoms. The Morgan fingerprint density at radius 3 is 2.47 bits per heavy atom. The predicted molar refractivity (Wildman–Crippen MR) is 139 cm³/mol. The van der Waals surface area contributed by atoms with Crippen LogP contribution in [0.2, 0.25) is 0 Å². The molecule has 2 aliphatic rings. The highest BCUT2D eigenvalue weighted by molar-refractivity contribution is 6.23. The van der Waals surface area contributed by atoms with Gasteiger partial charge in [-0.2, -0.15) is 0 Å². The topological polar surface area (TPSA) is 117 Å². The fourth-order valence-corrected chi connectivity index (χ4v) is 4.95. The highest BCUT2D eigenvalue weighted by Gasteiger charge is 2.43. The Morgan fingerprint density at radius 2 is 1.76 bits per heavy atom. The molecule has 1 N–H and O–H groups in total. The van der Waals surface area contributed by atoms with E-state index >= 15 is 0 Å². The smallest absolute Gasteiger partial charge is 0.336 e. The van der Waals surface area contributed by atoms with Gasteiger partial charge in [-0.3, -0.25) is 14.9 Å². The molecule has 9 heteroatoms. The van der Waals surface area contributed by atoms with E-state index in [2.05, 4.69) is 5.32 Å². The molecule has 0 radical (unpaired) electrons. The summed E-state index contributed by atoms with van der Waals surface area (Å²) in [4.78, 5) is 37.1. The van der Waals surface area contributed by atoms with Gasteiger partial charge in [0.1, 0.15) is 6.61 Å². The van der Waals surface area contributed by atoms with Crippen LogP contribution < -0.4 is 14.8 Å². The number of hydrogen-bond acceptors (Lipinski definition) is 8. The number of carbonyl (C=O) groups is 2. The van der Waals surface area contributed by atoms with E-state index in [-0.39, 0.29) is 18.1 Å². The molecule has 0 saturated heterocycles. The standard InChI is InChI=1S/C29H24N2O7/c1-16-24(29(33)37-3)25(26-27(30-16)20-9-4-5-10-21(20)28(26)32)18-11-12-22(23(14-18)36-2)38-15-17-7-6-8-19(13-17)31(34)35/h4-14,25,30H,15H2,1-3H3/t25-/m1/s1. The van der Waals surface area contributed by atoms with Crippen LogP contribution in [0.1, 0.15) is 39.9 Å². The summed E-state index contributed by atoms with van der Waals surface area (Å²) in [5.41, 5.74) is 4.66. The van der Waals surface area contributed by atoms with Crippen LogP contribution in [0.25, 0.3) is 5.70 Å². The van der Waals surface area contributed by atoms with Crippen LogP contribution in [0.4, 0.5) is 5.69 Å². The molecule has 0 bridgehead atoms. The van der Waals surface area contributed by atoms with E-state index in [1.807, 2.05) is 18.2 Å². The maximum Gasteiger partial charge on any atom is 0.336 e. The number of hydrogen-bond donors (Lipinski definition) is 1. The second-order valence-corrected chi connectivity index (χ2v) is 8.88. The van der Waals surface area contributed by atoms with Gasteiger partial charge in [0.05, 0.1) is 30.4 Å². The van der Waals surface area contributed by atoms with Crippen molar-refractivity contribution < 1.29 is 28.7 Å². The van der Waals surface area contributed by atoms with Gasteiger partial charge in [-0.25, -0.2) is 4.79 Å². The number of ether oxygens (including phenoxy) is 3. The van der Waals surface area contributed by atoms with Crippen molar-refractivity contribution in [2.75, 3.05) is 14.2 Å². The minimum atomic E-state index is -0.696. The molecule has 1 aliphatic carbocycles. The lowest BCUT2D eigenvalue weighted by Gasteiger charge is -2.29. The molecule has 3 aromatic rings. The number of non-ortho nitro benzene ring substituents is 1. The number of Topliss-reactive ketones (excluding diaryl/α,β-unsaturated/α-hetero) is 1. The van der Waals surface area contributed by atoms with Crippen LogP contribution in [0.3, 0.4) is 0 Å². The molecule has 0 amide bonds. The fraction of sp³-hybridized carbons (Fsp3) is 0.172. The quantitative estimate of drug-likeness (QED) is 0.269. The van der Waals surface area contributed by atoms with Gasteiger partial charge in [0.15, 0.2) is 17.3 Å². The second kappa shape index (κ2) is 9.85. The summed E-state index contributed by atoms with van der Waals surface area (Å²) in [6.07, 6.45) is 0. The Hall–Kier alpha value is -4.92. The number of carbonyl (C=O) groups excluding carboxylic acids is 2. The number of dihydropyridines is 1. The number of allylic oxidation sites excluding steroid dienone is 2. The highest BCUT2D eigenvalue weighted by Crippen LogP contribution is 2.48. The van der Waals surface area contributed by atoms with Crippen molar-refractivity contribution in [2.24, 2.45) is 0 Å². The van der Waals surface area contributed by atoms with E-state index in [1.165, 1.54) is 26.4 Å². The van der Waals surface area contributed by atoms with E-state index in [0.29, 0.717) is 50.7 Å². The largest absolute Gasteiger partial charge is 0.493 e. The molecule has 38 heavy (non-hydrogen) atoms. The Kier molecular flexibility index (Phi) is 6.42. The molecule has 1 heterocycles. The van der Waals surface area contributed by atoms with Gasteiger partial charge in [0.25, 0.3) is 5.69 Å². The summed E-state index contributed by atoms with van der Waals surface area (Å²) in [5.74, 6) is -0.601. The van der Waals surface area contributed by atoms with Crippen LogP contribution in [0.5, 0.6) is 11.5 Å². The Bertz CT molecular complexity index is 1550. The number of methoxy groups -OCH3 is 2. The van der Waals surface area contributed by atoms with Gasteiger partial charge in [-0.1, -0.05) is 42.5 Å². The number of ketones is 1. The van der Waals surface area contributed by atoms with E-state index < -0.39 is 16.8 Å². The first kappa shape index (κ1) is 24.8. The van der Waals surface area contributed by atoms with Gasteiger partial charge in [-0.15, -0.1) is 0 Å². The van der Waals surface area contributed by atoms with E-state index in [9.17, 15) is 19.7 Å². The zero-order chi connectivity index (χ0) is 27.0. The molecule has 1 aliphatic heterocycles. The Labute approximate surface area is 218 Å². The number of nitrogens with one attached hydrogen (secondary N) is 1. The number of nitro groups is 1. The van der Waals surface area contributed by atoms with Crippen molar-refractivity contribution in [1.82, 2.24) is 5.32 Å². The fourth-order valence-electron chi connectivity index (χ4n) is 4.95. The van der Waals surface area contributed by atoms with Crippen molar-refractivity contribution in [1.29, 1.82) is 0 Å². The zero-order valence-electron chi connectivity index (χ0n) is 20.9. The average Bonchev–Trinajstić information content (AvgIpc) is 3.22. The summed E-state index contributed by atoms with van der Waals surface area (Å²) in [6, 6.07) is 18.7. The molecular formula is C29H24N2O7. The molecule has 1 atom stereocenters. The minimum absolute atomic E-state index is 0.0249. The monoisotopic (exact) mass is 512 g/mol. The zero-order valence-corrected chi connectivity index (χ0v) is 20.9. The lowest BCUT2D eigenvalue weighted by molar-refractivity contribution is -0.384. The first-order valence-electron chi connectivity index (χ1n) is 11.8. The predicted octanol–water partition coefficient (Wildman–Crippen LogP) is 4.92. The van der Waals surface area contributed by atoms with Crippen LogP contribution in [0, 0.1) is 10.1 Å².